The highest BCUT2D eigenvalue weighted by molar-refractivity contribution is 6.31. The lowest BCUT2D eigenvalue weighted by atomic mass is 9.99. The first-order valence-corrected chi connectivity index (χ1v) is 7.20. The fourth-order valence-corrected chi connectivity index (χ4v) is 2.49. The SMILES string of the molecule is CNC(Cc1ccc(Cl)c(F)c1)Cc1ccccc1Cl. The summed E-state index contributed by atoms with van der Waals surface area (Å²) in [6.07, 6.45) is 1.51. The molecule has 0 heterocycles. The van der Waals surface area contributed by atoms with Gasteiger partial charge >= 0.3 is 0 Å². The highest BCUT2D eigenvalue weighted by atomic mass is 35.5. The summed E-state index contributed by atoms with van der Waals surface area (Å²) in [7, 11) is 1.90. The number of hydrogen-bond acceptors (Lipinski definition) is 1. The predicted octanol–water partition coefficient (Wildman–Crippen LogP) is 4.51. The summed E-state index contributed by atoms with van der Waals surface area (Å²) in [5.41, 5.74) is 2.00. The fourth-order valence-electron chi connectivity index (χ4n) is 2.16. The van der Waals surface area contributed by atoms with Gasteiger partial charge in [-0.3, -0.25) is 0 Å². The van der Waals surface area contributed by atoms with Gasteiger partial charge in [-0.2, -0.15) is 0 Å². The number of benzene rings is 2. The molecule has 2 rings (SSSR count). The standard InChI is InChI=1S/C16H16Cl2FN/c1-20-13(10-12-4-2-3-5-14(12)17)8-11-6-7-15(18)16(19)9-11/h2-7,9,13,20H,8,10H2,1H3. The van der Waals surface area contributed by atoms with Crippen molar-refractivity contribution in [2.24, 2.45) is 0 Å². The Hall–Kier alpha value is -1.09. The number of rotatable bonds is 5. The zero-order valence-electron chi connectivity index (χ0n) is 11.2. The first-order chi connectivity index (χ1) is 9.60. The second kappa shape index (κ2) is 7.07. The van der Waals surface area contributed by atoms with Gasteiger partial charge < -0.3 is 5.32 Å². The quantitative estimate of drug-likeness (QED) is 0.857. The van der Waals surface area contributed by atoms with Crippen molar-refractivity contribution in [2.75, 3.05) is 7.05 Å². The summed E-state index contributed by atoms with van der Waals surface area (Å²) in [6, 6.07) is 12.9. The predicted molar refractivity (Wildman–Crippen MR) is 83.1 cm³/mol. The maximum atomic E-state index is 13.5. The van der Waals surface area contributed by atoms with Gasteiger partial charge in [-0.25, -0.2) is 4.39 Å². The lowest BCUT2D eigenvalue weighted by Gasteiger charge is -2.17. The number of nitrogens with one attached hydrogen (secondary N) is 1. The van der Waals surface area contributed by atoms with Crippen LogP contribution < -0.4 is 5.32 Å². The van der Waals surface area contributed by atoms with Gasteiger partial charge in [0.15, 0.2) is 0 Å². The van der Waals surface area contributed by atoms with E-state index in [2.05, 4.69) is 5.32 Å². The molecule has 0 fully saturated rings. The molecule has 2 aromatic carbocycles. The van der Waals surface area contributed by atoms with Crippen LogP contribution >= 0.6 is 23.2 Å². The van der Waals surface area contributed by atoms with Crippen LogP contribution in [-0.2, 0) is 12.8 Å². The summed E-state index contributed by atoms with van der Waals surface area (Å²) in [5.74, 6) is -0.378. The third kappa shape index (κ3) is 3.95. The molecular formula is C16H16Cl2FN. The van der Waals surface area contributed by atoms with Crippen LogP contribution in [0.1, 0.15) is 11.1 Å². The number of halogens is 3. The van der Waals surface area contributed by atoms with Crippen molar-refractivity contribution in [2.45, 2.75) is 18.9 Å². The maximum Gasteiger partial charge on any atom is 0.142 e. The molecule has 0 aliphatic rings. The monoisotopic (exact) mass is 311 g/mol. The number of hydrogen-bond donors (Lipinski definition) is 1. The second-order valence-electron chi connectivity index (χ2n) is 4.73. The molecule has 0 spiro atoms. The summed E-state index contributed by atoms with van der Waals surface area (Å²) >= 11 is 11.9. The van der Waals surface area contributed by atoms with E-state index in [1.54, 1.807) is 6.07 Å². The third-order valence-electron chi connectivity index (χ3n) is 3.30. The van der Waals surface area contributed by atoms with Crippen LogP contribution in [0.3, 0.4) is 0 Å². The number of likely N-dealkylation sites (N-methyl/N-ethyl adjacent to an activating group) is 1. The molecule has 0 aliphatic carbocycles. The largest absolute Gasteiger partial charge is 0.316 e. The normalized spacial score (nSPS) is 12.4. The topological polar surface area (TPSA) is 12.0 Å². The van der Waals surface area contributed by atoms with Crippen LogP contribution in [0, 0.1) is 5.82 Å². The van der Waals surface area contributed by atoms with Crippen LogP contribution in [0.5, 0.6) is 0 Å². The van der Waals surface area contributed by atoms with E-state index in [1.165, 1.54) is 6.07 Å². The molecule has 0 aliphatic heterocycles. The molecular weight excluding hydrogens is 296 g/mol. The van der Waals surface area contributed by atoms with Gasteiger partial charge in [0.2, 0.25) is 0 Å². The van der Waals surface area contributed by atoms with Gasteiger partial charge in [-0.1, -0.05) is 47.5 Å². The molecule has 0 aromatic heterocycles. The van der Waals surface area contributed by atoms with E-state index >= 15 is 0 Å². The Morgan fingerprint density at radius 2 is 1.80 bits per heavy atom. The van der Waals surface area contributed by atoms with E-state index in [9.17, 15) is 4.39 Å². The molecule has 1 nitrogen and oxygen atoms in total. The van der Waals surface area contributed by atoms with Crippen molar-refractivity contribution in [1.29, 1.82) is 0 Å². The Labute approximate surface area is 128 Å². The smallest absolute Gasteiger partial charge is 0.142 e. The fraction of sp³-hybridized carbons (Fsp3) is 0.250. The molecule has 1 N–H and O–H groups in total. The van der Waals surface area contributed by atoms with Gasteiger partial charge in [-0.05, 0) is 49.2 Å². The average Bonchev–Trinajstić information content (AvgIpc) is 2.44. The summed E-state index contributed by atoms with van der Waals surface area (Å²) in [4.78, 5) is 0. The van der Waals surface area contributed by atoms with Gasteiger partial charge in [-0.15, -0.1) is 0 Å². The molecule has 0 amide bonds. The first-order valence-electron chi connectivity index (χ1n) is 6.44. The lowest BCUT2D eigenvalue weighted by Crippen LogP contribution is -2.30. The van der Waals surface area contributed by atoms with E-state index in [0.717, 1.165) is 29.0 Å². The minimum absolute atomic E-state index is 0.154. The van der Waals surface area contributed by atoms with Gasteiger partial charge in [0, 0.05) is 11.1 Å². The van der Waals surface area contributed by atoms with Gasteiger partial charge in [0.25, 0.3) is 0 Å². The van der Waals surface area contributed by atoms with Crippen molar-refractivity contribution in [1.82, 2.24) is 5.32 Å². The van der Waals surface area contributed by atoms with E-state index in [-0.39, 0.29) is 16.9 Å². The van der Waals surface area contributed by atoms with Crippen molar-refractivity contribution in [3.63, 3.8) is 0 Å². The molecule has 0 saturated heterocycles. The molecule has 106 valence electrons. The van der Waals surface area contributed by atoms with Crippen molar-refractivity contribution < 1.29 is 4.39 Å². The van der Waals surface area contributed by atoms with E-state index in [4.69, 9.17) is 23.2 Å². The summed E-state index contributed by atoms with van der Waals surface area (Å²) in [5, 5.41) is 4.16. The Kier molecular flexibility index (Phi) is 5.41. The third-order valence-corrected chi connectivity index (χ3v) is 3.97. The van der Waals surface area contributed by atoms with Crippen molar-refractivity contribution >= 4 is 23.2 Å². The maximum absolute atomic E-state index is 13.5. The van der Waals surface area contributed by atoms with Crippen LogP contribution in [0.15, 0.2) is 42.5 Å². The van der Waals surface area contributed by atoms with Crippen LogP contribution in [0.25, 0.3) is 0 Å². The van der Waals surface area contributed by atoms with Gasteiger partial charge in [0.1, 0.15) is 5.82 Å². The second-order valence-corrected chi connectivity index (χ2v) is 5.55. The molecule has 0 radical (unpaired) electrons. The highest BCUT2D eigenvalue weighted by Gasteiger charge is 2.11. The van der Waals surface area contributed by atoms with E-state index in [1.807, 2.05) is 37.4 Å². The molecule has 0 saturated carbocycles. The average molecular weight is 312 g/mol. The molecule has 1 unspecified atom stereocenters. The van der Waals surface area contributed by atoms with E-state index < -0.39 is 0 Å². The van der Waals surface area contributed by atoms with Crippen LogP contribution in [-0.4, -0.2) is 13.1 Å². The molecule has 2 aromatic rings. The summed E-state index contributed by atoms with van der Waals surface area (Å²) in [6.45, 7) is 0. The van der Waals surface area contributed by atoms with Crippen molar-refractivity contribution in [3.05, 3.63) is 69.5 Å². The Morgan fingerprint density at radius 1 is 1.05 bits per heavy atom. The van der Waals surface area contributed by atoms with Crippen LogP contribution in [0.2, 0.25) is 10.0 Å². The van der Waals surface area contributed by atoms with Crippen LogP contribution in [0.4, 0.5) is 4.39 Å². The molecule has 20 heavy (non-hydrogen) atoms. The Morgan fingerprint density at radius 3 is 2.45 bits per heavy atom. The Bertz CT molecular complexity index is 586. The molecule has 0 bridgehead atoms. The molecule has 1 atom stereocenters. The van der Waals surface area contributed by atoms with Gasteiger partial charge in [0.05, 0.1) is 5.02 Å². The minimum atomic E-state index is -0.378. The van der Waals surface area contributed by atoms with E-state index in [0.29, 0.717) is 0 Å². The Balaban J connectivity index is 2.09. The first kappa shape index (κ1) is 15.3. The zero-order valence-corrected chi connectivity index (χ0v) is 12.7. The lowest BCUT2D eigenvalue weighted by molar-refractivity contribution is 0.553. The van der Waals surface area contributed by atoms with Crippen molar-refractivity contribution in [3.8, 4) is 0 Å². The molecule has 4 heteroatoms. The summed E-state index contributed by atoms with van der Waals surface area (Å²) < 4.78 is 13.5. The zero-order chi connectivity index (χ0) is 14.5. The highest BCUT2D eigenvalue weighted by Crippen LogP contribution is 2.20. The minimum Gasteiger partial charge on any atom is -0.316 e.